The molecule has 0 radical (unpaired) electrons. The average molecular weight is 221 g/mol. The quantitative estimate of drug-likeness (QED) is 0.568. The van der Waals surface area contributed by atoms with Crippen molar-refractivity contribution in [3.8, 4) is 0 Å². The van der Waals surface area contributed by atoms with Crippen LogP contribution in [0.15, 0.2) is 18.2 Å². The van der Waals surface area contributed by atoms with Gasteiger partial charge in [-0.3, -0.25) is 4.79 Å². The molecule has 1 aromatic rings. The van der Waals surface area contributed by atoms with Crippen molar-refractivity contribution >= 4 is 17.3 Å². The van der Waals surface area contributed by atoms with Crippen molar-refractivity contribution in [3.05, 3.63) is 23.8 Å². The Morgan fingerprint density at radius 3 is 2.81 bits per heavy atom. The Morgan fingerprint density at radius 2 is 2.12 bits per heavy atom. The zero-order valence-electron chi connectivity index (χ0n) is 9.29. The molecule has 2 rings (SSSR count). The molecular weight excluding hydrogens is 206 g/mol. The second kappa shape index (κ2) is 3.77. The van der Waals surface area contributed by atoms with Crippen molar-refractivity contribution in [2.24, 2.45) is 0 Å². The minimum absolute atomic E-state index is 0.0481. The van der Waals surface area contributed by atoms with E-state index in [1.165, 1.54) is 0 Å². The zero-order chi connectivity index (χ0) is 11.8. The Hall–Kier alpha value is -1.59. The van der Waals surface area contributed by atoms with Gasteiger partial charge < -0.3 is 15.8 Å². The van der Waals surface area contributed by atoms with Crippen LogP contribution in [0.3, 0.4) is 0 Å². The van der Waals surface area contributed by atoms with Crippen molar-refractivity contribution < 1.29 is 10.0 Å². The summed E-state index contributed by atoms with van der Waals surface area (Å²) >= 11 is 0. The summed E-state index contributed by atoms with van der Waals surface area (Å²) in [6, 6.07) is 5.57. The summed E-state index contributed by atoms with van der Waals surface area (Å²) in [6.45, 7) is 4.02. The third kappa shape index (κ3) is 1.87. The SMILES string of the molecule is CC1(C)Nc2cc(CNO)ccc2NC1=O. The van der Waals surface area contributed by atoms with Crippen molar-refractivity contribution in [1.29, 1.82) is 0 Å². The van der Waals surface area contributed by atoms with Crippen molar-refractivity contribution in [3.63, 3.8) is 0 Å². The maximum atomic E-state index is 11.7. The van der Waals surface area contributed by atoms with Crippen LogP contribution in [0, 0.1) is 0 Å². The maximum Gasteiger partial charge on any atom is 0.249 e. The summed E-state index contributed by atoms with van der Waals surface area (Å²) in [5.41, 5.74) is 4.08. The van der Waals surface area contributed by atoms with Crippen molar-refractivity contribution in [2.45, 2.75) is 25.9 Å². The first-order valence-electron chi connectivity index (χ1n) is 5.12. The van der Waals surface area contributed by atoms with E-state index in [9.17, 15) is 4.79 Å². The van der Waals surface area contributed by atoms with Gasteiger partial charge in [-0.05, 0) is 31.5 Å². The van der Waals surface area contributed by atoms with Gasteiger partial charge >= 0.3 is 0 Å². The normalized spacial score (nSPS) is 17.3. The molecule has 0 aromatic heterocycles. The topological polar surface area (TPSA) is 73.4 Å². The van der Waals surface area contributed by atoms with Gasteiger partial charge in [-0.2, -0.15) is 0 Å². The average Bonchev–Trinajstić information content (AvgIpc) is 2.20. The second-order valence-electron chi connectivity index (χ2n) is 4.42. The van der Waals surface area contributed by atoms with Crippen LogP contribution in [0.2, 0.25) is 0 Å². The Kier molecular flexibility index (Phi) is 2.57. The fourth-order valence-electron chi connectivity index (χ4n) is 1.68. The van der Waals surface area contributed by atoms with E-state index in [0.29, 0.717) is 6.54 Å². The number of nitrogens with one attached hydrogen (secondary N) is 3. The molecule has 0 bridgehead atoms. The number of hydroxylamine groups is 1. The lowest BCUT2D eigenvalue weighted by molar-refractivity contribution is -0.119. The van der Waals surface area contributed by atoms with Gasteiger partial charge in [-0.25, -0.2) is 5.48 Å². The highest BCUT2D eigenvalue weighted by Gasteiger charge is 2.32. The molecule has 16 heavy (non-hydrogen) atoms. The second-order valence-corrected chi connectivity index (χ2v) is 4.42. The van der Waals surface area contributed by atoms with Crippen molar-refractivity contribution in [1.82, 2.24) is 5.48 Å². The summed E-state index contributed by atoms with van der Waals surface area (Å²) in [4.78, 5) is 11.7. The molecule has 1 heterocycles. The standard InChI is InChI=1S/C11H15N3O2/c1-11(2)10(15)13-8-4-3-7(6-12-16)5-9(8)14-11/h3-5,12,14,16H,6H2,1-2H3,(H,13,15). The lowest BCUT2D eigenvalue weighted by atomic mass is 9.99. The highest BCUT2D eigenvalue weighted by molar-refractivity contribution is 6.05. The number of anilines is 2. The molecule has 1 aromatic carbocycles. The van der Waals surface area contributed by atoms with E-state index >= 15 is 0 Å². The van der Waals surface area contributed by atoms with Gasteiger partial charge in [0.1, 0.15) is 5.54 Å². The highest BCUT2D eigenvalue weighted by Crippen LogP contribution is 2.31. The largest absolute Gasteiger partial charge is 0.370 e. The van der Waals surface area contributed by atoms with Gasteiger partial charge in [0.25, 0.3) is 0 Å². The highest BCUT2D eigenvalue weighted by atomic mass is 16.5. The molecule has 0 unspecified atom stereocenters. The number of fused-ring (bicyclic) bond motifs is 1. The van der Waals surface area contributed by atoms with Crippen molar-refractivity contribution in [2.75, 3.05) is 10.6 Å². The van der Waals surface area contributed by atoms with E-state index in [4.69, 9.17) is 5.21 Å². The van der Waals surface area contributed by atoms with Crippen LogP contribution in [0.25, 0.3) is 0 Å². The van der Waals surface area contributed by atoms with Gasteiger partial charge in [0.05, 0.1) is 11.4 Å². The molecule has 1 aliphatic heterocycles. The van der Waals surface area contributed by atoms with E-state index in [2.05, 4.69) is 16.1 Å². The number of carbonyl (C=O) groups is 1. The summed E-state index contributed by atoms with van der Waals surface area (Å²) in [7, 11) is 0. The molecule has 0 saturated heterocycles. The zero-order valence-corrected chi connectivity index (χ0v) is 9.29. The first-order valence-corrected chi connectivity index (χ1v) is 5.12. The van der Waals surface area contributed by atoms with Crippen LogP contribution in [-0.4, -0.2) is 16.7 Å². The van der Waals surface area contributed by atoms with E-state index in [1.807, 2.05) is 32.0 Å². The molecule has 5 nitrogen and oxygen atoms in total. The molecule has 0 atom stereocenters. The van der Waals surface area contributed by atoms with Gasteiger partial charge in [0.15, 0.2) is 0 Å². The predicted octanol–water partition coefficient (Wildman–Crippen LogP) is 1.31. The molecule has 1 amide bonds. The Bertz CT molecular complexity index is 429. The van der Waals surface area contributed by atoms with Crippen LogP contribution < -0.4 is 16.1 Å². The maximum absolute atomic E-state index is 11.7. The Balaban J connectivity index is 2.34. The van der Waals surface area contributed by atoms with E-state index in [0.717, 1.165) is 16.9 Å². The lowest BCUT2D eigenvalue weighted by Gasteiger charge is -2.33. The summed E-state index contributed by atoms with van der Waals surface area (Å²) in [6.07, 6.45) is 0. The summed E-state index contributed by atoms with van der Waals surface area (Å²) < 4.78 is 0. The number of hydrogen-bond donors (Lipinski definition) is 4. The van der Waals surface area contributed by atoms with Crippen LogP contribution in [0.5, 0.6) is 0 Å². The van der Waals surface area contributed by atoms with Crippen LogP contribution in [0.1, 0.15) is 19.4 Å². The number of rotatable bonds is 2. The number of hydrogen-bond acceptors (Lipinski definition) is 4. The minimum atomic E-state index is -0.613. The van der Waals surface area contributed by atoms with E-state index < -0.39 is 5.54 Å². The molecule has 0 aliphatic carbocycles. The molecule has 4 N–H and O–H groups in total. The van der Waals surface area contributed by atoms with E-state index in [1.54, 1.807) is 0 Å². The molecule has 5 heteroatoms. The van der Waals surface area contributed by atoms with Gasteiger partial charge in [-0.15, -0.1) is 0 Å². The van der Waals surface area contributed by atoms with E-state index in [-0.39, 0.29) is 5.91 Å². The third-order valence-corrected chi connectivity index (χ3v) is 2.63. The predicted molar refractivity (Wildman–Crippen MR) is 61.4 cm³/mol. The smallest absolute Gasteiger partial charge is 0.249 e. The molecule has 0 spiro atoms. The molecule has 86 valence electrons. The molecule has 0 fully saturated rings. The lowest BCUT2D eigenvalue weighted by Crippen LogP contribution is -2.47. The van der Waals surface area contributed by atoms with Gasteiger partial charge in [0, 0.05) is 6.54 Å². The summed E-state index contributed by atoms with van der Waals surface area (Å²) in [5, 5.41) is 14.6. The first kappa shape index (κ1) is 10.9. The van der Waals surface area contributed by atoms with Crippen LogP contribution in [0.4, 0.5) is 11.4 Å². The fraction of sp³-hybridized carbons (Fsp3) is 0.364. The van der Waals surface area contributed by atoms with Gasteiger partial charge in [0.2, 0.25) is 5.91 Å². The number of amides is 1. The molecule has 1 aliphatic rings. The number of benzene rings is 1. The molecule has 0 saturated carbocycles. The monoisotopic (exact) mass is 221 g/mol. The van der Waals surface area contributed by atoms with Gasteiger partial charge in [-0.1, -0.05) is 6.07 Å². The Labute approximate surface area is 93.8 Å². The fourth-order valence-corrected chi connectivity index (χ4v) is 1.68. The third-order valence-electron chi connectivity index (χ3n) is 2.63. The van der Waals surface area contributed by atoms with Crippen LogP contribution >= 0.6 is 0 Å². The van der Waals surface area contributed by atoms with Crippen LogP contribution in [-0.2, 0) is 11.3 Å². The number of carbonyl (C=O) groups excluding carboxylic acids is 1. The first-order chi connectivity index (χ1) is 7.53. The minimum Gasteiger partial charge on any atom is -0.370 e. The summed E-state index contributed by atoms with van der Waals surface area (Å²) in [5.74, 6) is -0.0481. The molecular formula is C11H15N3O2. The Morgan fingerprint density at radius 1 is 1.38 bits per heavy atom.